The molecular weight excluding hydrogens is 318 g/mol. The van der Waals surface area contributed by atoms with Crippen LogP contribution in [0, 0.1) is 5.92 Å². The van der Waals surface area contributed by atoms with Crippen LogP contribution >= 0.6 is 0 Å². The van der Waals surface area contributed by atoms with E-state index in [0.717, 1.165) is 44.5 Å². The van der Waals surface area contributed by atoms with Crippen LogP contribution < -0.4 is 11.1 Å². The van der Waals surface area contributed by atoms with Gasteiger partial charge in [-0.3, -0.25) is 4.79 Å². The predicted octanol–water partition coefficient (Wildman–Crippen LogP) is 2.06. The number of aromatic nitrogens is 1. The van der Waals surface area contributed by atoms with Crippen LogP contribution in [-0.2, 0) is 27.1 Å². The molecule has 3 N–H and O–H groups in total. The molecule has 1 fully saturated rings. The molecule has 3 rings (SSSR count). The van der Waals surface area contributed by atoms with E-state index in [1.54, 1.807) is 0 Å². The average Bonchev–Trinajstić information content (AvgIpc) is 2.61. The van der Waals surface area contributed by atoms with Gasteiger partial charge in [-0.15, -0.1) is 0 Å². The highest BCUT2D eigenvalue weighted by atomic mass is 16.5. The minimum Gasteiger partial charge on any atom is -0.468 e. The second-order valence-corrected chi connectivity index (χ2v) is 7.13. The summed E-state index contributed by atoms with van der Waals surface area (Å²) in [5.41, 5.74) is 8.22. The number of hydrogen-bond acceptors (Lipinski definition) is 6. The molecule has 1 aromatic heterocycles. The quantitative estimate of drug-likeness (QED) is 0.700. The molecule has 1 atom stereocenters. The van der Waals surface area contributed by atoms with Crippen molar-refractivity contribution in [1.82, 2.24) is 4.98 Å². The SMILES string of the molecule is COC(=O)C(N)CCOC1CC(CCc2ccc3c(n2)NCCC3)C1. The topological polar surface area (TPSA) is 86.5 Å². The number of methoxy groups -OCH3 is 1. The number of esters is 1. The molecule has 25 heavy (non-hydrogen) atoms. The first-order valence-corrected chi connectivity index (χ1v) is 9.33. The Morgan fingerprint density at radius 1 is 1.44 bits per heavy atom. The van der Waals surface area contributed by atoms with Crippen LogP contribution in [0.4, 0.5) is 5.82 Å². The fraction of sp³-hybridized carbons (Fsp3) is 0.684. The molecule has 1 aliphatic carbocycles. The van der Waals surface area contributed by atoms with Crippen LogP contribution in [0.15, 0.2) is 12.1 Å². The lowest BCUT2D eigenvalue weighted by Crippen LogP contribution is -2.36. The first kappa shape index (κ1) is 18.1. The number of carbonyl (C=O) groups excluding carboxylic acids is 1. The van der Waals surface area contributed by atoms with Gasteiger partial charge >= 0.3 is 5.97 Å². The molecule has 1 unspecified atom stereocenters. The number of hydrogen-bond donors (Lipinski definition) is 2. The van der Waals surface area contributed by atoms with Crippen molar-refractivity contribution in [3.63, 3.8) is 0 Å². The van der Waals surface area contributed by atoms with E-state index in [2.05, 4.69) is 22.2 Å². The zero-order valence-corrected chi connectivity index (χ0v) is 15.0. The molecule has 6 nitrogen and oxygen atoms in total. The monoisotopic (exact) mass is 347 g/mol. The van der Waals surface area contributed by atoms with Crippen LogP contribution in [0.25, 0.3) is 0 Å². The molecule has 2 heterocycles. The Labute approximate surface area is 149 Å². The number of nitrogens with one attached hydrogen (secondary N) is 1. The van der Waals surface area contributed by atoms with Gasteiger partial charge in [0, 0.05) is 18.8 Å². The number of ether oxygens (including phenoxy) is 2. The number of pyridine rings is 1. The van der Waals surface area contributed by atoms with Gasteiger partial charge in [0.05, 0.1) is 13.2 Å². The van der Waals surface area contributed by atoms with Gasteiger partial charge in [0.2, 0.25) is 0 Å². The summed E-state index contributed by atoms with van der Waals surface area (Å²) in [4.78, 5) is 16.0. The van der Waals surface area contributed by atoms with Crippen LogP contribution in [0.5, 0.6) is 0 Å². The maximum absolute atomic E-state index is 11.2. The van der Waals surface area contributed by atoms with Crippen LogP contribution in [0.1, 0.15) is 43.4 Å². The second-order valence-electron chi connectivity index (χ2n) is 7.13. The van der Waals surface area contributed by atoms with Gasteiger partial charge in [0.15, 0.2) is 0 Å². The van der Waals surface area contributed by atoms with E-state index in [1.165, 1.54) is 24.8 Å². The third-order valence-electron chi connectivity index (χ3n) is 5.24. The smallest absolute Gasteiger partial charge is 0.322 e. The van der Waals surface area contributed by atoms with E-state index in [4.69, 9.17) is 15.5 Å². The highest BCUT2D eigenvalue weighted by Gasteiger charge is 2.29. The number of nitrogens with zero attached hydrogens (tertiary/aromatic N) is 1. The highest BCUT2D eigenvalue weighted by molar-refractivity contribution is 5.75. The fourth-order valence-electron chi connectivity index (χ4n) is 3.54. The van der Waals surface area contributed by atoms with E-state index < -0.39 is 6.04 Å². The first-order chi connectivity index (χ1) is 12.2. The summed E-state index contributed by atoms with van der Waals surface area (Å²) in [6, 6.07) is 3.82. The summed E-state index contributed by atoms with van der Waals surface area (Å²) in [6.07, 6.45) is 7.53. The van der Waals surface area contributed by atoms with Crippen molar-refractivity contribution < 1.29 is 14.3 Å². The molecule has 6 heteroatoms. The van der Waals surface area contributed by atoms with Crippen LogP contribution in [0.3, 0.4) is 0 Å². The Kier molecular flexibility index (Phi) is 6.26. The molecule has 1 aliphatic heterocycles. The third-order valence-corrected chi connectivity index (χ3v) is 5.24. The highest BCUT2D eigenvalue weighted by Crippen LogP contribution is 2.34. The minimum absolute atomic E-state index is 0.313. The maximum atomic E-state index is 11.2. The van der Waals surface area contributed by atoms with Crippen molar-refractivity contribution in [3.05, 3.63) is 23.4 Å². The standard InChI is InChI=1S/C19H29N3O3/c1-24-19(23)17(20)8-10-25-16-11-13(12-16)4-6-15-7-5-14-3-2-9-21-18(14)22-15/h5,7,13,16-17H,2-4,6,8-12,20H2,1H3,(H,21,22). The van der Waals surface area contributed by atoms with E-state index in [1.807, 2.05) is 0 Å². The van der Waals surface area contributed by atoms with Crippen molar-refractivity contribution in [1.29, 1.82) is 0 Å². The molecule has 0 bridgehead atoms. The molecule has 1 aromatic rings. The van der Waals surface area contributed by atoms with Crippen molar-refractivity contribution in [2.75, 3.05) is 25.6 Å². The number of aryl methyl sites for hydroxylation is 2. The van der Waals surface area contributed by atoms with Crippen molar-refractivity contribution in [3.8, 4) is 0 Å². The second kappa shape index (κ2) is 8.63. The number of fused-ring (bicyclic) bond motifs is 1. The Balaban J connectivity index is 1.31. The van der Waals surface area contributed by atoms with Gasteiger partial charge in [0.25, 0.3) is 0 Å². The molecular formula is C19H29N3O3. The van der Waals surface area contributed by atoms with Gasteiger partial charge in [-0.25, -0.2) is 4.98 Å². The van der Waals surface area contributed by atoms with E-state index in [0.29, 0.717) is 25.0 Å². The molecule has 0 spiro atoms. The number of carbonyl (C=O) groups is 1. The van der Waals surface area contributed by atoms with Gasteiger partial charge in [-0.1, -0.05) is 6.07 Å². The zero-order chi connectivity index (χ0) is 17.6. The minimum atomic E-state index is -0.579. The number of rotatable bonds is 8. The normalized spacial score (nSPS) is 23.1. The van der Waals surface area contributed by atoms with Gasteiger partial charge in [0.1, 0.15) is 11.9 Å². The molecule has 1 saturated carbocycles. The summed E-state index contributed by atoms with van der Waals surface area (Å²) in [6.45, 7) is 1.55. The third kappa shape index (κ3) is 4.92. The Bertz CT molecular complexity index is 587. The van der Waals surface area contributed by atoms with Crippen molar-refractivity contribution >= 4 is 11.8 Å². The summed E-state index contributed by atoms with van der Waals surface area (Å²) in [7, 11) is 1.35. The Morgan fingerprint density at radius 2 is 2.28 bits per heavy atom. The summed E-state index contributed by atoms with van der Waals surface area (Å²) < 4.78 is 10.4. The molecule has 0 radical (unpaired) electrons. The molecule has 2 aliphatic rings. The Morgan fingerprint density at radius 3 is 3.08 bits per heavy atom. The molecule has 0 saturated heterocycles. The van der Waals surface area contributed by atoms with E-state index in [-0.39, 0.29) is 5.97 Å². The summed E-state index contributed by atoms with van der Waals surface area (Å²) in [5.74, 6) is 1.42. The number of anilines is 1. The summed E-state index contributed by atoms with van der Waals surface area (Å²) >= 11 is 0. The number of nitrogens with two attached hydrogens (primary N) is 1. The first-order valence-electron chi connectivity index (χ1n) is 9.33. The van der Waals surface area contributed by atoms with Crippen LogP contribution in [-0.4, -0.2) is 43.4 Å². The lowest BCUT2D eigenvalue weighted by molar-refractivity contribution is -0.143. The largest absolute Gasteiger partial charge is 0.468 e. The molecule has 138 valence electrons. The van der Waals surface area contributed by atoms with Gasteiger partial charge in [-0.2, -0.15) is 0 Å². The average molecular weight is 347 g/mol. The zero-order valence-electron chi connectivity index (χ0n) is 15.0. The maximum Gasteiger partial charge on any atom is 0.322 e. The molecule has 0 amide bonds. The van der Waals surface area contributed by atoms with Crippen molar-refractivity contribution in [2.24, 2.45) is 11.7 Å². The lowest BCUT2D eigenvalue weighted by atomic mass is 9.79. The Hall–Kier alpha value is -1.66. The predicted molar refractivity (Wildman–Crippen MR) is 96.4 cm³/mol. The molecule has 0 aromatic carbocycles. The van der Waals surface area contributed by atoms with E-state index >= 15 is 0 Å². The fourth-order valence-corrected chi connectivity index (χ4v) is 3.54. The van der Waals surface area contributed by atoms with Gasteiger partial charge in [-0.05, 0) is 62.5 Å². The van der Waals surface area contributed by atoms with Crippen LogP contribution in [0.2, 0.25) is 0 Å². The van der Waals surface area contributed by atoms with E-state index in [9.17, 15) is 4.79 Å². The van der Waals surface area contributed by atoms with Gasteiger partial charge < -0.3 is 20.5 Å². The van der Waals surface area contributed by atoms with Crippen molar-refractivity contribution in [2.45, 2.75) is 57.1 Å². The lowest BCUT2D eigenvalue weighted by Gasteiger charge is -2.35. The summed E-state index contributed by atoms with van der Waals surface area (Å²) in [5, 5.41) is 3.40.